The van der Waals surface area contributed by atoms with E-state index in [0.29, 0.717) is 10.6 Å². The third-order valence-electron chi connectivity index (χ3n) is 7.24. The fourth-order valence-electron chi connectivity index (χ4n) is 5.96. The summed E-state index contributed by atoms with van der Waals surface area (Å²) in [6, 6.07) is 8.05. The number of fused-ring (bicyclic) bond motifs is 2. The van der Waals surface area contributed by atoms with Crippen LogP contribution in [0.5, 0.6) is 0 Å². The number of benzene rings is 1. The summed E-state index contributed by atoms with van der Waals surface area (Å²) in [5, 5.41) is 0.519. The molecule has 0 saturated heterocycles. The molecule has 0 N–H and O–H groups in total. The van der Waals surface area contributed by atoms with Gasteiger partial charge in [-0.1, -0.05) is 57.9 Å². The maximum atomic E-state index is 6.30. The van der Waals surface area contributed by atoms with Gasteiger partial charge in [-0.3, -0.25) is 4.57 Å². The van der Waals surface area contributed by atoms with E-state index in [1.807, 2.05) is 28.8 Å². The summed E-state index contributed by atoms with van der Waals surface area (Å²) < 4.78 is 8.20. The zero-order valence-electron chi connectivity index (χ0n) is 17.5. The average Bonchev–Trinajstić information content (AvgIpc) is 3.11. The Labute approximate surface area is 174 Å². The van der Waals surface area contributed by atoms with Gasteiger partial charge in [0, 0.05) is 6.42 Å². The fraction of sp³-hybridized carbons (Fsp3) is 0.583. The van der Waals surface area contributed by atoms with E-state index in [4.69, 9.17) is 17.0 Å². The van der Waals surface area contributed by atoms with Crippen molar-refractivity contribution in [3.8, 4) is 0 Å². The first-order valence-electron chi connectivity index (χ1n) is 10.8. The van der Waals surface area contributed by atoms with Crippen LogP contribution in [0.2, 0.25) is 0 Å². The molecule has 0 bridgehead atoms. The van der Waals surface area contributed by atoms with E-state index in [2.05, 4.69) is 38.8 Å². The van der Waals surface area contributed by atoms with Gasteiger partial charge in [-0.05, 0) is 66.8 Å². The summed E-state index contributed by atoms with van der Waals surface area (Å²) in [5.74, 6) is 2.29. The van der Waals surface area contributed by atoms with Crippen LogP contribution in [0, 0.1) is 23.2 Å². The van der Waals surface area contributed by atoms with E-state index in [9.17, 15) is 0 Å². The lowest BCUT2D eigenvalue weighted by Crippen LogP contribution is -2.45. The van der Waals surface area contributed by atoms with E-state index in [-0.39, 0.29) is 6.10 Å². The number of hydrogen-bond donors (Lipinski definition) is 0. The number of allylic oxidation sites excluding steroid dienone is 1. The standard InChI is InChI=1S/C24H32N2OS/c1-5-17-10-11-18-14-19(12-13-24(18,4)22(17)16(2)3)27-23(28)26-15-25-20-8-6-7-9-21(20)26/h6-9,11,15-17,19,22H,5,10,12-14H2,1-4H3/t17?,19-,22?,24-/m0/s1. The van der Waals surface area contributed by atoms with Gasteiger partial charge in [-0.2, -0.15) is 0 Å². The van der Waals surface area contributed by atoms with Crippen LogP contribution < -0.4 is 0 Å². The Kier molecular flexibility index (Phi) is 5.34. The number of imidazole rings is 1. The van der Waals surface area contributed by atoms with E-state index >= 15 is 0 Å². The predicted molar refractivity (Wildman–Crippen MR) is 119 cm³/mol. The minimum atomic E-state index is 0.166. The number of para-hydroxylation sites is 2. The van der Waals surface area contributed by atoms with Gasteiger partial charge in [0.15, 0.2) is 0 Å². The van der Waals surface area contributed by atoms with Crippen LogP contribution in [-0.2, 0) is 4.74 Å². The summed E-state index contributed by atoms with van der Waals surface area (Å²) in [4.78, 5) is 4.44. The minimum Gasteiger partial charge on any atom is -0.467 e. The van der Waals surface area contributed by atoms with Crippen molar-refractivity contribution in [3.63, 3.8) is 0 Å². The second-order valence-electron chi connectivity index (χ2n) is 9.17. The van der Waals surface area contributed by atoms with Gasteiger partial charge in [-0.25, -0.2) is 4.98 Å². The lowest BCUT2D eigenvalue weighted by Gasteiger charge is -2.52. The molecule has 1 heterocycles. The first kappa shape index (κ1) is 19.6. The normalized spacial score (nSPS) is 30.2. The Morgan fingerprint density at radius 2 is 2.14 bits per heavy atom. The molecule has 1 aromatic heterocycles. The van der Waals surface area contributed by atoms with Crippen LogP contribution in [-0.4, -0.2) is 20.8 Å². The molecule has 28 heavy (non-hydrogen) atoms. The molecule has 2 unspecified atom stereocenters. The molecule has 2 aliphatic carbocycles. The van der Waals surface area contributed by atoms with E-state index in [1.54, 1.807) is 11.9 Å². The van der Waals surface area contributed by atoms with Crippen LogP contribution >= 0.6 is 12.2 Å². The highest BCUT2D eigenvalue weighted by Crippen LogP contribution is 2.56. The van der Waals surface area contributed by atoms with E-state index in [1.165, 1.54) is 19.3 Å². The molecule has 1 fully saturated rings. The largest absolute Gasteiger partial charge is 0.467 e. The molecular formula is C24H32N2OS. The highest BCUT2D eigenvalue weighted by Gasteiger charge is 2.47. The van der Waals surface area contributed by atoms with E-state index in [0.717, 1.165) is 41.6 Å². The van der Waals surface area contributed by atoms with Crippen molar-refractivity contribution in [1.29, 1.82) is 0 Å². The summed E-state index contributed by atoms with van der Waals surface area (Å²) in [6.07, 6.45) is 10.2. The van der Waals surface area contributed by atoms with Crippen molar-refractivity contribution in [2.24, 2.45) is 23.2 Å². The Hall–Kier alpha value is -1.68. The second-order valence-corrected chi connectivity index (χ2v) is 9.52. The molecule has 1 saturated carbocycles. The molecule has 4 heteroatoms. The average molecular weight is 397 g/mol. The summed E-state index contributed by atoms with van der Waals surface area (Å²) in [5.41, 5.74) is 3.88. The van der Waals surface area contributed by atoms with E-state index < -0.39 is 0 Å². The molecule has 3 nitrogen and oxygen atoms in total. The SMILES string of the molecule is CCC1CC=C2C[C@@H](OC(=S)n3cnc4ccccc43)CC[C@]2(C)C1C(C)C. The molecule has 1 aromatic carbocycles. The molecule has 4 rings (SSSR count). The third kappa shape index (κ3) is 3.30. The van der Waals surface area contributed by atoms with Crippen molar-refractivity contribution in [2.75, 3.05) is 0 Å². The monoisotopic (exact) mass is 396 g/mol. The van der Waals surface area contributed by atoms with Crippen molar-refractivity contribution in [3.05, 3.63) is 42.2 Å². The molecule has 0 aliphatic heterocycles. The number of nitrogens with zero attached hydrogens (tertiary/aromatic N) is 2. The van der Waals surface area contributed by atoms with Gasteiger partial charge in [0.2, 0.25) is 0 Å². The lowest BCUT2D eigenvalue weighted by atomic mass is 9.53. The van der Waals surface area contributed by atoms with Gasteiger partial charge in [-0.15, -0.1) is 0 Å². The Morgan fingerprint density at radius 1 is 1.36 bits per heavy atom. The molecule has 0 amide bonds. The second kappa shape index (κ2) is 7.62. The summed E-state index contributed by atoms with van der Waals surface area (Å²) >= 11 is 5.64. The Bertz CT molecular complexity index is 899. The molecule has 2 aliphatic rings. The number of aromatic nitrogens is 2. The first-order valence-corrected chi connectivity index (χ1v) is 11.2. The van der Waals surface area contributed by atoms with Gasteiger partial charge in [0.1, 0.15) is 12.4 Å². The zero-order chi connectivity index (χ0) is 19.9. The van der Waals surface area contributed by atoms with Gasteiger partial charge < -0.3 is 4.74 Å². The van der Waals surface area contributed by atoms with Crippen LogP contribution in [0.25, 0.3) is 11.0 Å². The number of rotatable bonds is 3. The fourth-order valence-corrected chi connectivity index (χ4v) is 6.25. The maximum absolute atomic E-state index is 6.30. The number of thiocarbonyl (C=S) groups is 1. The van der Waals surface area contributed by atoms with Gasteiger partial charge in [0.05, 0.1) is 11.0 Å². The number of hydrogen-bond acceptors (Lipinski definition) is 3. The van der Waals surface area contributed by atoms with Crippen molar-refractivity contribution >= 4 is 28.4 Å². The smallest absolute Gasteiger partial charge is 0.269 e. The van der Waals surface area contributed by atoms with Crippen molar-refractivity contribution < 1.29 is 4.74 Å². The summed E-state index contributed by atoms with van der Waals surface area (Å²) in [6.45, 7) is 9.67. The van der Waals surface area contributed by atoms with Crippen molar-refractivity contribution in [2.45, 2.75) is 65.9 Å². The Morgan fingerprint density at radius 3 is 2.89 bits per heavy atom. The minimum absolute atomic E-state index is 0.166. The molecule has 150 valence electrons. The third-order valence-corrected chi connectivity index (χ3v) is 7.53. The molecule has 4 atom stereocenters. The Balaban J connectivity index is 1.51. The lowest BCUT2D eigenvalue weighted by molar-refractivity contribution is 0.0311. The maximum Gasteiger partial charge on any atom is 0.269 e. The zero-order valence-corrected chi connectivity index (χ0v) is 18.3. The molecule has 2 aromatic rings. The van der Waals surface area contributed by atoms with Crippen molar-refractivity contribution in [1.82, 2.24) is 9.55 Å². The predicted octanol–water partition coefficient (Wildman–Crippen LogP) is 6.37. The highest BCUT2D eigenvalue weighted by atomic mass is 32.1. The molecular weight excluding hydrogens is 364 g/mol. The summed E-state index contributed by atoms with van der Waals surface area (Å²) in [7, 11) is 0. The van der Waals surface area contributed by atoms with Crippen LogP contribution in [0.15, 0.2) is 42.2 Å². The van der Waals surface area contributed by atoms with Gasteiger partial charge >= 0.3 is 0 Å². The topological polar surface area (TPSA) is 27.1 Å². The quantitative estimate of drug-likeness (QED) is 0.445. The van der Waals surface area contributed by atoms with Crippen LogP contribution in [0.1, 0.15) is 59.8 Å². The van der Waals surface area contributed by atoms with Crippen LogP contribution in [0.4, 0.5) is 0 Å². The molecule has 0 spiro atoms. The van der Waals surface area contributed by atoms with Gasteiger partial charge in [0.25, 0.3) is 5.17 Å². The van der Waals surface area contributed by atoms with Crippen LogP contribution in [0.3, 0.4) is 0 Å². The number of ether oxygens (including phenoxy) is 1. The molecule has 0 radical (unpaired) electrons. The highest BCUT2D eigenvalue weighted by molar-refractivity contribution is 7.80. The first-order chi connectivity index (χ1) is 13.4.